The smallest absolute Gasteiger partial charge is 0.235 e. The predicted octanol–water partition coefficient (Wildman–Crippen LogP) is 1.42. The average molecular weight is 266 g/mol. The van der Waals surface area contributed by atoms with Crippen molar-refractivity contribution in [3.63, 3.8) is 0 Å². The number of rotatable bonds is 4. The number of aromatic nitrogens is 3. The molecule has 2 aromatic rings. The topological polar surface area (TPSA) is 76.9 Å². The Morgan fingerprint density at radius 2 is 2.11 bits per heavy atom. The molecule has 1 N–H and O–H groups in total. The van der Waals surface area contributed by atoms with Crippen molar-refractivity contribution >= 4 is 15.7 Å². The van der Waals surface area contributed by atoms with E-state index in [1.807, 2.05) is 0 Å². The van der Waals surface area contributed by atoms with E-state index in [1.165, 1.54) is 6.20 Å². The van der Waals surface area contributed by atoms with Gasteiger partial charge in [-0.05, 0) is 26.0 Å². The molecule has 18 heavy (non-hydrogen) atoms. The van der Waals surface area contributed by atoms with E-state index in [0.717, 1.165) is 0 Å². The number of anilines is 1. The van der Waals surface area contributed by atoms with E-state index in [2.05, 4.69) is 14.7 Å². The zero-order chi connectivity index (χ0) is 13.2. The van der Waals surface area contributed by atoms with Gasteiger partial charge < -0.3 is 0 Å². The van der Waals surface area contributed by atoms with Gasteiger partial charge in [-0.1, -0.05) is 0 Å². The quantitative estimate of drug-likeness (QED) is 0.907. The van der Waals surface area contributed by atoms with Gasteiger partial charge in [0.1, 0.15) is 12.1 Å². The first-order valence-corrected chi connectivity index (χ1v) is 7.00. The Morgan fingerprint density at radius 3 is 2.61 bits per heavy atom. The van der Waals surface area contributed by atoms with E-state index in [0.29, 0.717) is 11.5 Å². The molecule has 0 aliphatic carbocycles. The highest BCUT2D eigenvalue weighted by Gasteiger charge is 2.15. The third-order valence-corrected chi connectivity index (χ3v) is 4.16. The summed E-state index contributed by atoms with van der Waals surface area (Å²) in [6.45, 7) is 3.24. The molecule has 0 aliphatic rings. The molecule has 0 radical (unpaired) electrons. The molecule has 0 fully saturated rings. The summed E-state index contributed by atoms with van der Waals surface area (Å²) in [6.07, 6.45) is 6.52. The van der Waals surface area contributed by atoms with Crippen LogP contribution in [0.25, 0.3) is 5.82 Å². The Morgan fingerprint density at radius 1 is 1.33 bits per heavy atom. The number of sulfonamides is 1. The second-order valence-electron chi connectivity index (χ2n) is 4.07. The molecule has 7 heteroatoms. The third-order valence-electron chi connectivity index (χ3n) is 2.40. The zero-order valence-corrected chi connectivity index (χ0v) is 10.9. The van der Waals surface area contributed by atoms with Gasteiger partial charge in [-0.3, -0.25) is 9.29 Å². The lowest BCUT2D eigenvalue weighted by Gasteiger charge is -2.10. The molecule has 0 bridgehead atoms. The number of imidazole rings is 1. The van der Waals surface area contributed by atoms with E-state index in [-0.39, 0.29) is 0 Å². The van der Waals surface area contributed by atoms with Crippen LogP contribution in [0.15, 0.2) is 37.1 Å². The zero-order valence-electron chi connectivity index (χ0n) is 10.1. The molecular formula is C11H14N4O2S. The van der Waals surface area contributed by atoms with Gasteiger partial charge in [0.2, 0.25) is 10.0 Å². The van der Waals surface area contributed by atoms with Crippen LogP contribution in [0.1, 0.15) is 13.8 Å². The van der Waals surface area contributed by atoms with Crippen LogP contribution in [0.4, 0.5) is 5.69 Å². The molecule has 0 atom stereocenters. The van der Waals surface area contributed by atoms with E-state index in [1.54, 1.807) is 49.3 Å². The highest BCUT2D eigenvalue weighted by atomic mass is 32.2. The van der Waals surface area contributed by atoms with Crippen molar-refractivity contribution in [2.45, 2.75) is 19.1 Å². The van der Waals surface area contributed by atoms with E-state index < -0.39 is 15.3 Å². The molecule has 0 saturated carbocycles. The van der Waals surface area contributed by atoms with Gasteiger partial charge in [-0.15, -0.1) is 0 Å². The van der Waals surface area contributed by atoms with Crippen LogP contribution >= 0.6 is 0 Å². The molecule has 0 spiro atoms. The lowest BCUT2D eigenvalue weighted by atomic mass is 10.4. The second kappa shape index (κ2) is 4.77. The lowest BCUT2D eigenvalue weighted by Crippen LogP contribution is -2.22. The Bertz CT molecular complexity index is 603. The van der Waals surface area contributed by atoms with Gasteiger partial charge >= 0.3 is 0 Å². The first-order chi connectivity index (χ1) is 8.49. The van der Waals surface area contributed by atoms with Crippen molar-refractivity contribution in [1.29, 1.82) is 0 Å². The second-order valence-corrected chi connectivity index (χ2v) is 6.31. The van der Waals surface area contributed by atoms with Gasteiger partial charge in [0, 0.05) is 12.4 Å². The van der Waals surface area contributed by atoms with Crippen molar-refractivity contribution in [3.8, 4) is 5.82 Å². The van der Waals surface area contributed by atoms with Gasteiger partial charge in [0.05, 0.1) is 17.1 Å². The van der Waals surface area contributed by atoms with Crippen LogP contribution in [0.3, 0.4) is 0 Å². The predicted molar refractivity (Wildman–Crippen MR) is 69.0 cm³/mol. The van der Waals surface area contributed by atoms with Crippen molar-refractivity contribution in [2.75, 3.05) is 4.72 Å². The summed E-state index contributed by atoms with van der Waals surface area (Å²) in [5, 5.41) is -0.481. The standard InChI is InChI=1S/C11H14N4O2S/c1-9(2)18(16,17)14-10-3-4-11(13-7-10)15-6-5-12-8-15/h3-9,14H,1-2H3. The molecule has 0 saturated heterocycles. The first kappa shape index (κ1) is 12.6. The van der Waals surface area contributed by atoms with E-state index >= 15 is 0 Å². The van der Waals surface area contributed by atoms with Crippen LogP contribution in [-0.2, 0) is 10.0 Å². The van der Waals surface area contributed by atoms with Gasteiger partial charge in [0.25, 0.3) is 0 Å². The molecule has 2 heterocycles. The van der Waals surface area contributed by atoms with E-state index in [9.17, 15) is 8.42 Å². The van der Waals surface area contributed by atoms with Crippen LogP contribution in [0.2, 0.25) is 0 Å². The minimum absolute atomic E-state index is 0.451. The molecule has 2 rings (SSSR count). The third kappa shape index (κ3) is 2.67. The maximum atomic E-state index is 11.7. The van der Waals surface area contributed by atoms with Crippen LogP contribution in [0.5, 0.6) is 0 Å². The van der Waals surface area contributed by atoms with Crippen LogP contribution in [-0.4, -0.2) is 28.2 Å². The van der Waals surface area contributed by atoms with Crippen molar-refractivity contribution in [3.05, 3.63) is 37.1 Å². The maximum absolute atomic E-state index is 11.7. The van der Waals surface area contributed by atoms with E-state index in [4.69, 9.17) is 0 Å². The minimum atomic E-state index is -3.33. The number of pyridine rings is 1. The monoisotopic (exact) mass is 266 g/mol. The van der Waals surface area contributed by atoms with Gasteiger partial charge in [-0.25, -0.2) is 18.4 Å². The number of hydrogen-bond acceptors (Lipinski definition) is 4. The molecule has 0 aliphatic heterocycles. The summed E-state index contributed by atoms with van der Waals surface area (Å²) in [5.41, 5.74) is 0.451. The summed E-state index contributed by atoms with van der Waals surface area (Å²) in [7, 11) is -3.33. The Kier molecular flexibility index (Phi) is 3.33. The summed E-state index contributed by atoms with van der Waals surface area (Å²) in [6, 6.07) is 3.39. The van der Waals surface area contributed by atoms with Gasteiger partial charge in [-0.2, -0.15) is 0 Å². The number of nitrogens with one attached hydrogen (secondary N) is 1. The van der Waals surface area contributed by atoms with Crippen molar-refractivity contribution < 1.29 is 8.42 Å². The normalized spacial score (nSPS) is 11.7. The SMILES string of the molecule is CC(C)S(=O)(=O)Nc1ccc(-n2ccnc2)nc1. The number of hydrogen-bond donors (Lipinski definition) is 1. The Labute approximate surface area is 106 Å². The van der Waals surface area contributed by atoms with Crippen molar-refractivity contribution in [1.82, 2.24) is 14.5 Å². The molecule has 2 aromatic heterocycles. The molecule has 0 aromatic carbocycles. The molecular weight excluding hydrogens is 252 g/mol. The molecule has 6 nitrogen and oxygen atoms in total. The average Bonchev–Trinajstić information content (AvgIpc) is 2.83. The minimum Gasteiger partial charge on any atom is -0.291 e. The Balaban J connectivity index is 2.19. The van der Waals surface area contributed by atoms with Gasteiger partial charge in [0.15, 0.2) is 0 Å². The largest absolute Gasteiger partial charge is 0.291 e. The fourth-order valence-corrected chi connectivity index (χ4v) is 1.96. The number of nitrogens with zero attached hydrogens (tertiary/aromatic N) is 3. The lowest BCUT2D eigenvalue weighted by molar-refractivity contribution is 0.592. The summed E-state index contributed by atoms with van der Waals surface area (Å²) in [4.78, 5) is 8.08. The Hall–Kier alpha value is -1.89. The van der Waals surface area contributed by atoms with Crippen LogP contribution in [0, 0.1) is 0 Å². The van der Waals surface area contributed by atoms with Crippen molar-refractivity contribution in [2.24, 2.45) is 0 Å². The summed E-state index contributed by atoms with van der Waals surface area (Å²) in [5.74, 6) is 0.681. The molecule has 96 valence electrons. The summed E-state index contributed by atoms with van der Waals surface area (Å²) >= 11 is 0. The fraction of sp³-hybridized carbons (Fsp3) is 0.273. The van der Waals surface area contributed by atoms with Crippen LogP contribution < -0.4 is 4.72 Å². The first-order valence-electron chi connectivity index (χ1n) is 5.45. The molecule has 0 amide bonds. The maximum Gasteiger partial charge on any atom is 0.235 e. The highest BCUT2D eigenvalue weighted by molar-refractivity contribution is 7.93. The highest BCUT2D eigenvalue weighted by Crippen LogP contribution is 2.12. The molecule has 0 unspecified atom stereocenters. The fourth-order valence-electron chi connectivity index (χ4n) is 1.28. The summed E-state index contributed by atoms with van der Waals surface area (Å²) < 4.78 is 27.5.